The van der Waals surface area contributed by atoms with Gasteiger partial charge in [-0.05, 0) is 30.2 Å². The fourth-order valence-electron chi connectivity index (χ4n) is 2.00. The van der Waals surface area contributed by atoms with Crippen LogP contribution in [-0.2, 0) is 9.53 Å². The Hall–Kier alpha value is -1.77. The SMILES string of the molecule is COc1ccc(/C=C2/CC(C)(C)COC2=O)cc1. The molecule has 3 nitrogen and oxygen atoms in total. The second-order valence-electron chi connectivity index (χ2n) is 5.36. The van der Waals surface area contributed by atoms with Crippen molar-refractivity contribution in [2.45, 2.75) is 20.3 Å². The fraction of sp³-hybridized carbons (Fsp3) is 0.400. The van der Waals surface area contributed by atoms with Crippen LogP contribution in [0.4, 0.5) is 0 Å². The number of hydrogen-bond donors (Lipinski definition) is 0. The number of esters is 1. The third-order valence-corrected chi connectivity index (χ3v) is 2.98. The highest BCUT2D eigenvalue weighted by molar-refractivity contribution is 5.94. The maximum atomic E-state index is 11.7. The lowest BCUT2D eigenvalue weighted by Gasteiger charge is -2.30. The highest BCUT2D eigenvalue weighted by atomic mass is 16.5. The van der Waals surface area contributed by atoms with Gasteiger partial charge in [-0.2, -0.15) is 0 Å². The van der Waals surface area contributed by atoms with E-state index in [4.69, 9.17) is 9.47 Å². The summed E-state index contributed by atoms with van der Waals surface area (Å²) >= 11 is 0. The zero-order valence-electron chi connectivity index (χ0n) is 11.0. The van der Waals surface area contributed by atoms with Gasteiger partial charge < -0.3 is 9.47 Å². The Morgan fingerprint density at radius 2 is 1.94 bits per heavy atom. The van der Waals surface area contributed by atoms with Crippen molar-refractivity contribution in [1.82, 2.24) is 0 Å². The van der Waals surface area contributed by atoms with Crippen molar-refractivity contribution in [3.8, 4) is 5.75 Å². The van der Waals surface area contributed by atoms with Gasteiger partial charge in [0.25, 0.3) is 0 Å². The van der Waals surface area contributed by atoms with E-state index in [2.05, 4.69) is 13.8 Å². The molecule has 96 valence electrons. The molecule has 1 fully saturated rings. The van der Waals surface area contributed by atoms with Crippen molar-refractivity contribution in [3.63, 3.8) is 0 Å². The van der Waals surface area contributed by atoms with Crippen LogP contribution in [0.1, 0.15) is 25.8 Å². The van der Waals surface area contributed by atoms with Crippen molar-refractivity contribution in [1.29, 1.82) is 0 Å². The molecule has 0 unspecified atom stereocenters. The minimum absolute atomic E-state index is 0.0201. The van der Waals surface area contributed by atoms with Crippen molar-refractivity contribution in [3.05, 3.63) is 35.4 Å². The first-order valence-corrected chi connectivity index (χ1v) is 6.02. The monoisotopic (exact) mass is 246 g/mol. The molecule has 1 aliphatic heterocycles. The lowest BCUT2D eigenvalue weighted by atomic mass is 9.84. The van der Waals surface area contributed by atoms with E-state index in [1.807, 2.05) is 30.3 Å². The molecule has 0 radical (unpaired) electrons. The molecule has 3 heteroatoms. The smallest absolute Gasteiger partial charge is 0.334 e. The molecule has 0 N–H and O–H groups in total. The van der Waals surface area contributed by atoms with Crippen molar-refractivity contribution < 1.29 is 14.3 Å². The van der Waals surface area contributed by atoms with Gasteiger partial charge in [-0.15, -0.1) is 0 Å². The Bertz CT molecular complexity index is 469. The number of carbonyl (C=O) groups is 1. The lowest BCUT2D eigenvalue weighted by molar-refractivity contribution is -0.146. The molecular formula is C15H18O3. The molecule has 0 bridgehead atoms. The van der Waals surface area contributed by atoms with Crippen LogP contribution in [0.3, 0.4) is 0 Å². The van der Waals surface area contributed by atoms with Gasteiger partial charge in [0.15, 0.2) is 0 Å². The fourth-order valence-corrected chi connectivity index (χ4v) is 2.00. The highest BCUT2D eigenvalue weighted by Gasteiger charge is 2.30. The Kier molecular flexibility index (Phi) is 3.41. The van der Waals surface area contributed by atoms with Crippen LogP contribution in [0.5, 0.6) is 5.75 Å². The van der Waals surface area contributed by atoms with E-state index in [1.54, 1.807) is 7.11 Å². The summed E-state index contributed by atoms with van der Waals surface area (Å²) in [6, 6.07) is 7.62. The Balaban J connectivity index is 2.22. The lowest BCUT2D eigenvalue weighted by Crippen LogP contribution is -2.30. The summed E-state index contributed by atoms with van der Waals surface area (Å²) < 4.78 is 10.3. The molecule has 0 spiro atoms. The van der Waals surface area contributed by atoms with Crippen LogP contribution in [0.15, 0.2) is 29.8 Å². The quantitative estimate of drug-likeness (QED) is 0.594. The maximum absolute atomic E-state index is 11.7. The first-order valence-electron chi connectivity index (χ1n) is 6.02. The first-order chi connectivity index (χ1) is 8.50. The van der Waals surface area contributed by atoms with Crippen LogP contribution >= 0.6 is 0 Å². The van der Waals surface area contributed by atoms with E-state index in [1.165, 1.54) is 0 Å². The largest absolute Gasteiger partial charge is 0.497 e. The van der Waals surface area contributed by atoms with Crippen LogP contribution < -0.4 is 4.74 Å². The molecule has 0 aromatic heterocycles. The van der Waals surface area contributed by atoms with Gasteiger partial charge in [-0.25, -0.2) is 4.79 Å². The topological polar surface area (TPSA) is 35.5 Å². The van der Waals surface area contributed by atoms with E-state index >= 15 is 0 Å². The zero-order chi connectivity index (χ0) is 13.2. The summed E-state index contributed by atoms with van der Waals surface area (Å²) in [5, 5.41) is 0. The Labute approximate surface area is 107 Å². The number of cyclic esters (lactones) is 1. The van der Waals surface area contributed by atoms with E-state index in [-0.39, 0.29) is 11.4 Å². The number of carbonyl (C=O) groups excluding carboxylic acids is 1. The predicted octanol–water partition coefficient (Wildman–Crippen LogP) is 3.05. The summed E-state index contributed by atoms with van der Waals surface area (Å²) in [5.41, 5.74) is 1.74. The van der Waals surface area contributed by atoms with Gasteiger partial charge in [0.1, 0.15) is 5.75 Å². The van der Waals surface area contributed by atoms with Crippen molar-refractivity contribution in [2.24, 2.45) is 5.41 Å². The summed E-state index contributed by atoms with van der Waals surface area (Å²) in [6.45, 7) is 4.69. The third-order valence-electron chi connectivity index (χ3n) is 2.98. The van der Waals surface area contributed by atoms with Gasteiger partial charge in [-0.3, -0.25) is 0 Å². The molecule has 0 amide bonds. The second-order valence-corrected chi connectivity index (χ2v) is 5.36. The number of hydrogen-bond acceptors (Lipinski definition) is 3. The molecule has 1 saturated heterocycles. The van der Waals surface area contributed by atoms with Crippen molar-refractivity contribution in [2.75, 3.05) is 13.7 Å². The molecule has 1 aliphatic rings. The Morgan fingerprint density at radius 1 is 1.28 bits per heavy atom. The maximum Gasteiger partial charge on any atom is 0.334 e. The standard InChI is InChI=1S/C15H18O3/c1-15(2)9-12(14(16)18-10-15)8-11-4-6-13(17-3)7-5-11/h4-8H,9-10H2,1-3H3/b12-8-. The van der Waals surface area contributed by atoms with Gasteiger partial charge in [-0.1, -0.05) is 26.0 Å². The second kappa shape index (κ2) is 4.84. The molecule has 2 rings (SSSR count). The summed E-state index contributed by atoms with van der Waals surface area (Å²) in [6.07, 6.45) is 2.64. The van der Waals surface area contributed by atoms with Crippen LogP contribution in [0.2, 0.25) is 0 Å². The number of ether oxygens (including phenoxy) is 2. The minimum atomic E-state index is -0.204. The third kappa shape index (κ3) is 2.92. The molecule has 18 heavy (non-hydrogen) atoms. The number of methoxy groups -OCH3 is 1. The molecule has 1 aromatic carbocycles. The molecule has 0 aliphatic carbocycles. The summed E-state index contributed by atoms with van der Waals surface area (Å²) in [5.74, 6) is 0.605. The number of benzene rings is 1. The molecule has 1 aromatic rings. The average Bonchev–Trinajstić information content (AvgIpc) is 2.35. The van der Waals surface area contributed by atoms with Crippen LogP contribution in [0, 0.1) is 5.41 Å². The van der Waals surface area contributed by atoms with Gasteiger partial charge in [0, 0.05) is 11.0 Å². The van der Waals surface area contributed by atoms with E-state index < -0.39 is 0 Å². The van der Waals surface area contributed by atoms with Gasteiger partial charge >= 0.3 is 5.97 Å². The summed E-state index contributed by atoms with van der Waals surface area (Å²) in [4.78, 5) is 11.7. The first kappa shape index (κ1) is 12.7. The predicted molar refractivity (Wildman–Crippen MR) is 70.3 cm³/mol. The number of rotatable bonds is 2. The Morgan fingerprint density at radius 3 is 2.56 bits per heavy atom. The highest BCUT2D eigenvalue weighted by Crippen LogP contribution is 2.32. The van der Waals surface area contributed by atoms with Gasteiger partial charge in [0.05, 0.1) is 13.7 Å². The van der Waals surface area contributed by atoms with Gasteiger partial charge in [0.2, 0.25) is 0 Å². The normalized spacial score (nSPS) is 20.6. The minimum Gasteiger partial charge on any atom is -0.497 e. The average molecular weight is 246 g/mol. The molecule has 0 saturated carbocycles. The summed E-state index contributed by atoms with van der Waals surface area (Å²) in [7, 11) is 1.63. The van der Waals surface area contributed by atoms with E-state index in [0.29, 0.717) is 6.61 Å². The van der Waals surface area contributed by atoms with E-state index in [0.717, 1.165) is 23.3 Å². The molecule has 1 heterocycles. The zero-order valence-corrected chi connectivity index (χ0v) is 11.0. The van der Waals surface area contributed by atoms with Crippen LogP contribution in [-0.4, -0.2) is 19.7 Å². The molecular weight excluding hydrogens is 228 g/mol. The van der Waals surface area contributed by atoms with Crippen LogP contribution in [0.25, 0.3) is 6.08 Å². The van der Waals surface area contributed by atoms with Crippen molar-refractivity contribution >= 4 is 12.0 Å². The van der Waals surface area contributed by atoms with E-state index in [9.17, 15) is 4.79 Å². The molecule has 0 atom stereocenters.